The zero-order valence-electron chi connectivity index (χ0n) is 11.6. The number of methoxy groups -OCH3 is 1. The third-order valence-electron chi connectivity index (χ3n) is 3.26. The van der Waals surface area contributed by atoms with Gasteiger partial charge in [-0.05, 0) is 25.1 Å². The van der Waals surface area contributed by atoms with E-state index in [0.29, 0.717) is 11.3 Å². The van der Waals surface area contributed by atoms with E-state index >= 15 is 0 Å². The fraction of sp³-hybridized carbons (Fsp3) is 0.133. The molecule has 1 N–H and O–H groups in total. The second-order valence-corrected chi connectivity index (χ2v) is 4.61. The highest BCUT2D eigenvalue weighted by Crippen LogP contribution is 2.24. The van der Waals surface area contributed by atoms with E-state index < -0.39 is 5.97 Å². The Morgan fingerprint density at radius 1 is 1.33 bits per heavy atom. The summed E-state index contributed by atoms with van der Waals surface area (Å²) in [5.74, 6) is -0.369. The second kappa shape index (κ2) is 4.90. The number of hydrogen-bond acceptors (Lipinski definition) is 4. The van der Waals surface area contributed by atoms with E-state index in [1.165, 1.54) is 6.33 Å². The van der Waals surface area contributed by atoms with Crippen LogP contribution in [0.2, 0.25) is 0 Å². The maximum absolute atomic E-state index is 11.2. The Bertz CT molecular complexity index is 839. The number of benzene rings is 1. The number of imidazole rings is 1. The van der Waals surface area contributed by atoms with E-state index in [1.807, 2.05) is 37.3 Å². The van der Waals surface area contributed by atoms with Gasteiger partial charge in [-0.25, -0.2) is 14.8 Å². The van der Waals surface area contributed by atoms with Crippen LogP contribution in [0, 0.1) is 6.92 Å². The fourth-order valence-electron chi connectivity index (χ4n) is 2.20. The molecule has 106 valence electrons. The SMILES string of the molecule is COc1cccc(-c2cc(C)n3cnc(C(=O)O)c3n2)c1. The van der Waals surface area contributed by atoms with Crippen molar-refractivity contribution in [1.29, 1.82) is 0 Å². The van der Waals surface area contributed by atoms with Crippen LogP contribution in [0.4, 0.5) is 0 Å². The van der Waals surface area contributed by atoms with E-state index in [1.54, 1.807) is 11.5 Å². The number of ether oxygens (including phenoxy) is 1. The molecule has 2 heterocycles. The zero-order chi connectivity index (χ0) is 15.0. The number of carboxylic acids is 1. The van der Waals surface area contributed by atoms with Crippen molar-refractivity contribution < 1.29 is 14.6 Å². The molecule has 0 aliphatic rings. The van der Waals surface area contributed by atoms with Crippen LogP contribution in [0.5, 0.6) is 5.75 Å². The summed E-state index contributed by atoms with van der Waals surface area (Å²) < 4.78 is 6.86. The largest absolute Gasteiger partial charge is 0.497 e. The molecule has 0 unspecified atom stereocenters. The topological polar surface area (TPSA) is 76.7 Å². The van der Waals surface area contributed by atoms with Gasteiger partial charge in [0.1, 0.15) is 12.1 Å². The number of rotatable bonds is 3. The summed E-state index contributed by atoms with van der Waals surface area (Å²) in [6.45, 7) is 1.88. The number of aromatic carboxylic acids is 1. The van der Waals surface area contributed by atoms with Gasteiger partial charge in [0.25, 0.3) is 0 Å². The first-order chi connectivity index (χ1) is 10.1. The molecule has 3 rings (SSSR count). The zero-order valence-corrected chi connectivity index (χ0v) is 11.6. The minimum Gasteiger partial charge on any atom is -0.497 e. The minimum absolute atomic E-state index is 0.0529. The van der Waals surface area contributed by atoms with Crippen LogP contribution in [0.3, 0.4) is 0 Å². The lowest BCUT2D eigenvalue weighted by atomic mass is 10.1. The lowest BCUT2D eigenvalue weighted by Crippen LogP contribution is -2.01. The van der Waals surface area contributed by atoms with Gasteiger partial charge < -0.3 is 9.84 Å². The third-order valence-corrected chi connectivity index (χ3v) is 3.26. The normalized spacial score (nSPS) is 10.8. The number of nitrogens with zero attached hydrogens (tertiary/aromatic N) is 3. The highest BCUT2D eigenvalue weighted by molar-refractivity contribution is 5.92. The Hall–Kier alpha value is -2.89. The van der Waals surface area contributed by atoms with Crippen molar-refractivity contribution in [3.8, 4) is 17.0 Å². The Kier molecular flexibility index (Phi) is 3.06. The Labute approximate surface area is 120 Å². The maximum atomic E-state index is 11.2. The van der Waals surface area contributed by atoms with Crippen molar-refractivity contribution in [3.63, 3.8) is 0 Å². The standard InChI is InChI=1S/C15H13N3O3/c1-9-6-12(10-4-3-5-11(7-10)21-2)17-14-13(15(19)20)16-8-18(9)14/h3-8H,1-2H3,(H,19,20). The van der Waals surface area contributed by atoms with Gasteiger partial charge in [-0.3, -0.25) is 4.40 Å². The van der Waals surface area contributed by atoms with Gasteiger partial charge in [-0.1, -0.05) is 12.1 Å². The molecule has 0 saturated heterocycles. The molecule has 0 amide bonds. The average molecular weight is 283 g/mol. The van der Waals surface area contributed by atoms with Crippen LogP contribution >= 0.6 is 0 Å². The Morgan fingerprint density at radius 3 is 2.86 bits per heavy atom. The fourth-order valence-corrected chi connectivity index (χ4v) is 2.20. The summed E-state index contributed by atoms with van der Waals surface area (Å²) in [7, 11) is 1.60. The van der Waals surface area contributed by atoms with Crippen molar-refractivity contribution in [2.45, 2.75) is 6.92 Å². The molecule has 0 aliphatic heterocycles. The molecule has 1 aromatic carbocycles. The summed E-state index contributed by atoms with van der Waals surface area (Å²) in [6.07, 6.45) is 1.47. The molecule has 0 radical (unpaired) electrons. The highest BCUT2D eigenvalue weighted by atomic mass is 16.5. The van der Waals surface area contributed by atoms with Crippen molar-refractivity contribution in [1.82, 2.24) is 14.4 Å². The van der Waals surface area contributed by atoms with Gasteiger partial charge in [-0.15, -0.1) is 0 Å². The maximum Gasteiger partial charge on any atom is 0.358 e. The monoisotopic (exact) mass is 283 g/mol. The van der Waals surface area contributed by atoms with Crippen molar-refractivity contribution in [2.24, 2.45) is 0 Å². The molecule has 0 spiro atoms. The van der Waals surface area contributed by atoms with Crippen LogP contribution in [0.1, 0.15) is 16.2 Å². The first-order valence-corrected chi connectivity index (χ1v) is 6.32. The van der Waals surface area contributed by atoms with Gasteiger partial charge in [-0.2, -0.15) is 0 Å². The number of carbonyl (C=O) groups is 1. The smallest absolute Gasteiger partial charge is 0.358 e. The lowest BCUT2D eigenvalue weighted by Gasteiger charge is -2.07. The molecular formula is C15H13N3O3. The molecule has 6 heteroatoms. The molecule has 3 aromatic rings. The van der Waals surface area contributed by atoms with Crippen LogP contribution < -0.4 is 4.74 Å². The predicted octanol–water partition coefficient (Wildman–Crippen LogP) is 2.41. The predicted molar refractivity (Wildman–Crippen MR) is 76.7 cm³/mol. The number of hydrogen-bond donors (Lipinski definition) is 1. The Morgan fingerprint density at radius 2 is 2.14 bits per heavy atom. The summed E-state index contributed by atoms with van der Waals surface area (Å²) in [4.78, 5) is 19.5. The minimum atomic E-state index is -1.09. The van der Waals surface area contributed by atoms with Crippen molar-refractivity contribution in [2.75, 3.05) is 7.11 Å². The van der Waals surface area contributed by atoms with Crippen LogP contribution in [-0.4, -0.2) is 32.6 Å². The molecule has 0 fully saturated rings. The summed E-state index contributed by atoms with van der Waals surface area (Å²) in [5, 5.41) is 9.17. The van der Waals surface area contributed by atoms with Crippen molar-refractivity contribution >= 4 is 11.6 Å². The summed E-state index contributed by atoms with van der Waals surface area (Å²) >= 11 is 0. The Balaban J connectivity index is 2.23. The number of aryl methyl sites for hydroxylation is 1. The first-order valence-electron chi connectivity index (χ1n) is 6.32. The third kappa shape index (κ3) is 2.20. The van der Waals surface area contributed by atoms with E-state index in [2.05, 4.69) is 9.97 Å². The molecule has 0 atom stereocenters. The molecule has 2 aromatic heterocycles. The highest BCUT2D eigenvalue weighted by Gasteiger charge is 2.15. The van der Waals surface area contributed by atoms with Crippen LogP contribution in [0.25, 0.3) is 16.9 Å². The van der Waals surface area contributed by atoms with Gasteiger partial charge in [0, 0.05) is 11.3 Å². The summed E-state index contributed by atoms with van der Waals surface area (Å²) in [5.41, 5.74) is 2.68. The van der Waals surface area contributed by atoms with Crippen LogP contribution in [0.15, 0.2) is 36.7 Å². The van der Waals surface area contributed by atoms with Gasteiger partial charge in [0.05, 0.1) is 12.8 Å². The average Bonchev–Trinajstić information content (AvgIpc) is 2.92. The van der Waals surface area contributed by atoms with Gasteiger partial charge in [0.2, 0.25) is 0 Å². The number of fused-ring (bicyclic) bond motifs is 1. The molecule has 21 heavy (non-hydrogen) atoms. The molecule has 0 saturated carbocycles. The molecule has 0 bridgehead atoms. The van der Waals surface area contributed by atoms with E-state index in [9.17, 15) is 9.90 Å². The summed E-state index contributed by atoms with van der Waals surface area (Å²) in [6, 6.07) is 9.35. The number of carboxylic acid groups (broad SMARTS) is 1. The molecule has 0 aliphatic carbocycles. The quantitative estimate of drug-likeness (QED) is 0.798. The van der Waals surface area contributed by atoms with Gasteiger partial charge in [0.15, 0.2) is 11.3 Å². The lowest BCUT2D eigenvalue weighted by molar-refractivity contribution is 0.0693. The van der Waals surface area contributed by atoms with E-state index in [0.717, 1.165) is 17.0 Å². The van der Waals surface area contributed by atoms with E-state index in [4.69, 9.17) is 4.74 Å². The first kappa shape index (κ1) is 13.1. The second-order valence-electron chi connectivity index (χ2n) is 4.61. The van der Waals surface area contributed by atoms with Gasteiger partial charge >= 0.3 is 5.97 Å². The molecular weight excluding hydrogens is 270 g/mol. The van der Waals surface area contributed by atoms with E-state index in [-0.39, 0.29) is 5.69 Å². The number of aromatic nitrogens is 3. The van der Waals surface area contributed by atoms with Crippen LogP contribution in [-0.2, 0) is 0 Å². The van der Waals surface area contributed by atoms with Crippen molar-refractivity contribution in [3.05, 3.63) is 48.0 Å². The molecule has 6 nitrogen and oxygen atoms in total.